The van der Waals surface area contributed by atoms with E-state index in [2.05, 4.69) is 29.6 Å². The number of hydrogen-bond donors (Lipinski definition) is 1. The van der Waals surface area contributed by atoms with Crippen molar-refractivity contribution in [2.75, 3.05) is 19.7 Å². The molecule has 1 unspecified atom stereocenters. The van der Waals surface area contributed by atoms with Crippen LogP contribution in [0.15, 0.2) is 48.7 Å². The third kappa shape index (κ3) is 4.42. The summed E-state index contributed by atoms with van der Waals surface area (Å²) in [5.74, 6) is 0. The first kappa shape index (κ1) is 19.9. The fourth-order valence-electron chi connectivity index (χ4n) is 5.17. The zero-order valence-corrected chi connectivity index (χ0v) is 17.4. The van der Waals surface area contributed by atoms with Gasteiger partial charge in [-0.25, -0.2) is 0 Å². The average molecular weight is 399 g/mol. The molecule has 4 heteroatoms. The lowest BCUT2D eigenvalue weighted by atomic mass is 9.68. The first-order chi connectivity index (χ1) is 13.7. The van der Waals surface area contributed by atoms with Crippen LogP contribution < -0.4 is 5.32 Å². The summed E-state index contributed by atoms with van der Waals surface area (Å²) in [4.78, 5) is 4.79. The maximum atomic E-state index is 6.34. The molecule has 2 aromatic rings. The fraction of sp³-hybridized carbons (Fsp3) is 0.542. The van der Waals surface area contributed by atoms with Gasteiger partial charge in [-0.15, -0.1) is 0 Å². The minimum Gasteiger partial charge on any atom is -0.375 e. The van der Waals surface area contributed by atoms with E-state index in [1.807, 2.05) is 24.4 Å². The molecule has 2 heterocycles. The number of aromatic nitrogens is 1. The molecule has 1 aromatic heterocycles. The van der Waals surface area contributed by atoms with Gasteiger partial charge in [0.05, 0.1) is 5.60 Å². The van der Waals surface area contributed by atoms with Gasteiger partial charge in [-0.2, -0.15) is 0 Å². The number of benzene rings is 1. The second-order valence-electron chi connectivity index (χ2n) is 8.50. The minimum absolute atomic E-state index is 0.0906. The Morgan fingerprint density at radius 3 is 2.61 bits per heavy atom. The van der Waals surface area contributed by atoms with Crippen LogP contribution in [0.3, 0.4) is 0 Å². The number of halogens is 1. The zero-order valence-electron chi connectivity index (χ0n) is 16.6. The van der Waals surface area contributed by atoms with E-state index >= 15 is 0 Å². The topological polar surface area (TPSA) is 34.2 Å². The maximum absolute atomic E-state index is 6.34. The van der Waals surface area contributed by atoms with Gasteiger partial charge in [0.25, 0.3) is 0 Å². The van der Waals surface area contributed by atoms with Crippen molar-refractivity contribution in [1.82, 2.24) is 10.3 Å². The van der Waals surface area contributed by atoms with E-state index in [9.17, 15) is 0 Å². The molecule has 1 aromatic carbocycles. The lowest BCUT2D eigenvalue weighted by Crippen LogP contribution is -2.47. The summed E-state index contributed by atoms with van der Waals surface area (Å²) in [7, 11) is 0. The molecule has 1 aliphatic carbocycles. The van der Waals surface area contributed by atoms with E-state index in [4.69, 9.17) is 21.3 Å². The summed E-state index contributed by atoms with van der Waals surface area (Å²) in [6.07, 6.45) is 11.2. The summed E-state index contributed by atoms with van der Waals surface area (Å²) < 4.78 is 6.34. The Balaban J connectivity index is 1.40. The number of pyridine rings is 1. The largest absolute Gasteiger partial charge is 0.375 e. The molecule has 4 rings (SSSR count). The summed E-state index contributed by atoms with van der Waals surface area (Å²) >= 11 is 6.28. The molecule has 2 fully saturated rings. The molecule has 150 valence electrons. The number of rotatable bonds is 7. The number of nitrogens with one attached hydrogen (secondary N) is 1. The van der Waals surface area contributed by atoms with Gasteiger partial charge in [0.1, 0.15) is 0 Å². The Labute approximate surface area is 173 Å². The number of hydrogen-bond acceptors (Lipinski definition) is 3. The molecule has 1 saturated carbocycles. The van der Waals surface area contributed by atoms with Gasteiger partial charge in [-0.3, -0.25) is 4.98 Å². The van der Waals surface area contributed by atoms with Gasteiger partial charge in [0, 0.05) is 28.9 Å². The molecule has 1 saturated heterocycles. The van der Waals surface area contributed by atoms with Crippen LogP contribution in [0, 0.1) is 0 Å². The van der Waals surface area contributed by atoms with Crippen LogP contribution >= 0.6 is 11.6 Å². The highest BCUT2D eigenvalue weighted by molar-refractivity contribution is 6.31. The van der Waals surface area contributed by atoms with Gasteiger partial charge >= 0.3 is 0 Å². The van der Waals surface area contributed by atoms with Crippen LogP contribution in [0.1, 0.15) is 56.2 Å². The van der Waals surface area contributed by atoms with Crippen molar-refractivity contribution in [1.29, 1.82) is 0 Å². The molecule has 1 spiro atoms. The Morgan fingerprint density at radius 1 is 1.00 bits per heavy atom. The van der Waals surface area contributed by atoms with Gasteiger partial charge in [0.2, 0.25) is 0 Å². The van der Waals surface area contributed by atoms with Crippen molar-refractivity contribution >= 4 is 11.6 Å². The van der Waals surface area contributed by atoms with Gasteiger partial charge in [-0.05, 0) is 75.4 Å². The van der Waals surface area contributed by atoms with Crippen LogP contribution in [0.2, 0.25) is 5.02 Å². The van der Waals surface area contributed by atoms with Gasteiger partial charge < -0.3 is 10.1 Å². The van der Waals surface area contributed by atoms with Crippen molar-refractivity contribution in [2.24, 2.45) is 0 Å². The summed E-state index contributed by atoms with van der Waals surface area (Å²) in [5.41, 5.74) is 2.68. The van der Waals surface area contributed by atoms with Crippen LogP contribution in [-0.2, 0) is 16.6 Å². The third-order valence-corrected chi connectivity index (χ3v) is 7.05. The highest BCUT2D eigenvalue weighted by atomic mass is 35.5. The Kier molecular flexibility index (Phi) is 6.35. The lowest BCUT2D eigenvalue weighted by molar-refractivity contribution is -0.104. The fourth-order valence-corrected chi connectivity index (χ4v) is 5.40. The van der Waals surface area contributed by atoms with Crippen molar-refractivity contribution in [3.05, 3.63) is 64.9 Å². The molecule has 28 heavy (non-hydrogen) atoms. The van der Waals surface area contributed by atoms with Crippen molar-refractivity contribution in [2.45, 2.75) is 62.4 Å². The predicted octanol–water partition coefficient (Wildman–Crippen LogP) is 5.32. The van der Waals surface area contributed by atoms with E-state index in [0.717, 1.165) is 50.4 Å². The standard InChI is InChI=1S/C24H31ClN2O/c25-21-8-2-1-7-20(21)10-16-26-17-13-23(22-9-3-6-15-27-22)14-18-28-24(19-23)11-4-5-12-24/h1-3,6-9,15,26H,4-5,10-14,16-19H2. The molecular weight excluding hydrogens is 368 g/mol. The van der Waals surface area contributed by atoms with Crippen LogP contribution in [-0.4, -0.2) is 30.3 Å². The predicted molar refractivity (Wildman–Crippen MR) is 115 cm³/mol. The quantitative estimate of drug-likeness (QED) is 0.641. The summed E-state index contributed by atoms with van der Waals surface area (Å²) in [5, 5.41) is 4.52. The van der Waals surface area contributed by atoms with Crippen LogP contribution in [0.25, 0.3) is 0 Å². The van der Waals surface area contributed by atoms with Crippen LogP contribution in [0.5, 0.6) is 0 Å². The van der Waals surface area contributed by atoms with E-state index in [-0.39, 0.29) is 11.0 Å². The molecule has 1 aliphatic heterocycles. The van der Waals surface area contributed by atoms with Gasteiger partial charge in [-0.1, -0.05) is 48.7 Å². The van der Waals surface area contributed by atoms with Gasteiger partial charge in [0.15, 0.2) is 0 Å². The zero-order chi connectivity index (χ0) is 19.3. The lowest BCUT2D eigenvalue weighted by Gasteiger charge is -2.46. The maximum Gasteiger partial charge on any atom is 0.0691 e. The third-order valence-electron chi connectivity index (χ3n) is 6.68. The normalized spacial score (nSPS) is 23.9. The molecular formula is C24H31ClN2O. The SMILES string of the molecule is Clc1ccccc1CCNCCC1(c2ccccn2)CCOC2(CCCC2)C1. The van der Waals surface area contributed by atoms with Crippen LogP contribution in [0.4, 0.5) is 0 Å². The molecule has 0 bridgehead atoms. The number of nitrogens with zero attached hydrogens (tertiary/aromatic N) is 1. The molecule has 0 amide bonds. The summed E-state index contributed by atoms with van der Waals surface area (Å²) in [6, 6.07) is 14.5. The van der Waals surface area contributed by atoms with Crippen molar-refractivity contribution in [3.8, 4) is 0 Å². The molecule has 1 atom stereocenters. The highest BCUT2D eigenvalue weighted by Gasteiger charge is 2.48. The molecule has 2 aliphatic rings. The average Bonchev–Trinajstić information content (AvgIpc) is 3.17. The molecule has 0 radical (unpaired) electrons. The van der Waals surface area contributed by atoms with E-state index < -0.39 is 0 Å². The first-order valence-corrected chi connectivity index (χ1v) is 11.1. The smallest absolute Gasteiger partial charge is 0.0691 e. The molecule has 3 nitrogen and oxygen atoms in total. The Morgan fingerprint density at radius 2 is 1.82 bits per heavy atom. The molecule has 1 N–H and O–H groups in total. The second kappa shape index (κ2) is 8.94. The second-order valence-corrected chi connectivity index (χ2v) is 8.91. The monoisotopic (exact) mass is 398 g/mol. The Bertz CT molecular complexity index is 760. The van der Waals surface area contributed by atoms with E-state index in [0.29, 0.717) is 0 Å². The Hall–Kier alpha value is -1.42. The van der Waals surface area contributed by atoms with Crippen molar-refractivity contribution < 1.29 is 4.74 Å². The van der Waals surface area contributed by atoms with Crippen molar-refractivity contribution in [3.63, 3.8) is 0 Å². The minimum atomic E-state index is 0.0906. The number of ether oxygens (including phenoxy) is 1. The summed E-state index contributed by atoms with van der Waals surface area (Å²) in [6.45, 7) is 2.80. The first-order valence-electron chi connectivity index (χ1n) is 10.7. The highest BCUT2D eigenvalue weighted by Crippen LogP contribution is 2.49. The van der Waals surface area contributed by atoms with E-state index in [1.165, 1.54) is 36.9 Å². The van der Waals surface area contributed by atoms with E-state index in [1.54, 1.807) is 0 Å².